The molecule has 6 heteroatoms. The molecular weight excluding hydrogens is 203 g/mol. The molecule has 2 N–H and O–H groups in total. The molecule has 0 unspecified atom stereocenters. The summed E-state index contributed by atoms with van der Waals surface area (Å²) in [7, 11) is 0. The fourth-order valence-electron chi connectivity index (χ4n) is 0. The molecule has 0 saturated carbocycles. The van der Waals surface area contributed by atoms with E-state index in [2.05, 4.69) is 0 Å². The van der Waals surface area contributed by atoms with Gasteiger partial charge in [0.1, 0.15) is 0 Å². The first kappa shape index (κ1) is 215. The van der Waals surface area contributed by atoms with Gasteiger partial charge in [-0.3, -0.25) is 0 Å². The summed E-state index contributed by atoms with van der Waals surface area (Å²) in [5.41, 5.74) is 0. The molecule has 0 amide bonds. The van der Waals surface area contributed by atoms with Gasteiger partial charge in [0.25, 0.3) is 0 Å². The topological polar surface area (TPSA) is 117 Å². The van der Waals surface area contributed by atoms with Crippen LogP contribution in [0.15, 0.2) is 0 Å². The molecule has 32 valence electrons. The summed E-state index contributed by atoms with van der Waals surface area (Å²) in [6, 6.07) is 0. The standard InChI is InChI=1S/2Ga.H2O.3O/h;;1H2;;;/q2*+3;;3*-2. The maximum atomic E-state index is 0. The molecule has 0 radical (unpaired) electrons. The Labute approximate surface area is 61.7 Å². The van der Waals surface area contributed by atoms with E-state index in [1.807, 2.05) is 0 Å². The van der Waals surface area contributed by atoms with E-state index < -0.39 is 0 Å². The first-order valence-electron chi connectivity index (χ1n) is 0. The van der Waals surface area contributed by atoms with Crippen molar-refractivity contribution in [2.24, 2.45) is 0 Å². The van der Waals surface area contributed by atoms with Gasteiger partial charge in [0.05, 0.1) is 0 Å². The van der Waals surface area contributed by atoms with Crippen LogP contribution in [0.25, 0.3) is 0 Å². The molecule has 0 aliphatic carbocycles. The van der Waals surface area contributed by atoms with Gasteiger partial charge in [-0.2, -0.15) is 0 Å². The molecule has 0 aliphatic heterocycles. The van der Waals surface area contributed by atoms with Gasteiger partial charge in [0.2, 0.25) is 0 Å². The van der Waals surface area contributed by atoms with Gasteiger partial charge in [0, 0.05) is 0 Å². The summed E-state index contributed by atoms with van der Waals surface area (Å²) in [5, 5.41) is 0. The summed E-state index contributed by atoms with van der Waals surface area (Å²) >= 11 is 0. The van der Waals surface area contributed by atoms with Crippen LogP contribution >= 0.6 is 0 Å². The van der Waals surface area contributed by atoms with E-state index in [1.165, 1.54) is 0 Å². The van der Waals surface area contributed by atoms with Gasteiger partial charge in [-0.25, -0.2) is 0 Å². The first-order valence-corrected chi connectivity index (χ1v) is 0. The van der Waals surface area contributed by atoms with Crippen LogP contribution in [0.4, 0.5) is 0 Å². The van der Waals surface area contributed by atoms with Crippen LogP contribution in [-0.4, -0.2) is 45.1 Å². The fraction of sp³-hybridized carbons (Fsp3) is 0. The maximum absolute atomic E-state index is 0. The van der Waals surface area contributed by atoms with Gasteiger partial charge in [-0.1, -0.05) is 0 Å². The molecule has 0 fully saturated rings. The molecule has 0 atom stereocenters. The summed E-state index contributed by atoms with van der Waals surface area (Å²) in [6.45, 7) is 0. The van der Waals surface area contributed by atoms with Crippen LogP contribution in [0.1, 0.15) is 0 Å². The second-order valence-electron chi connectivity index (χ2n) is 0. The number of rotatable bonds is 0. The predicted octanol–water partition coefficient (Wildman–Crippen LogP) is -1.94. The molecule has 0 aromatic heterocycles. The summed E-state index contributed by atoms with van der Waals surface area (Å²) in [5.74, 6) is 0. The van der Waals surface area contributed by atoms with Gasteiger partial charge < -0.3 is 21.9 Å². The Balaban J connectivity index is 0. The van der Waals surface area contributed by atoms with Crippen molar-refractivity contribution in [2.45, 2.75) is 0 Å². The van der Waals surface area contributed by atoms with Crippen molar-refractivity contribution in [1.82, 2.24) is 0 Å². The van der Waals surface area contributed by atoms with Crippen molar-refractivity contribution in [3.05, 3.63) is 0 Å². The molecule has 0 bridgehead atoms. The van der Waals surface area contributed by atoms with E-state index in [-0.39, 0.29) is 61.5 Å². The van der Waals surface area contributed by atoms with Gasteiger partial charge >= 0.3 is 39.6 Å². The Morgan fingerprint density at radius 3 is 0.500 bits per heavy atom. The van der Waals surface area contributed by atoms with E-state index >= 15 is 0 Å². The minimum absolute atomic E-state index is 0. The van der Waals surface area contributed by atoms with Crippen molar-refractivity contribution < 1.29 is 21.9 Å². The van der Waals surface area contributed by atoms with E-state index in [0.29, 0.717) is 0 Å². The maximum Gasteiger partial charge on any atom is 3.00 e. The van der Waals surface area contributed by atoms with Crippen LogP contribution in [-0.2, 0) is 16.4 Å². The Hall–Kier alpha value is 1.11. The monoisotopic (exact) mass is 204 g/mol. The van der Waals surface area contributed by atoms with Crippen LogP contribution in [0.3, 0.4) is 0 Å². The molecule has 0 aromatic carbocycles. The third kappa shape index (κ3) is 69.8. The molecule has 0 rings (SSSR count). The number of hydrogen-bond acceptors (Lipinski definition) is 0. The largest absolute Gasteiger partial charge is 3.00 e. The fourth-order valence-corrected chi connectivity index (χ4v) is 0. The average Bonchev–Trinajstić information content (AvgIpc) is 0. The van der Waals surface area contributed by atoms with E-state index in [0.717, 1.165) is 0 Å². The minimum Gasteiger partial charge on any atom is -2.00 e. The molecule has 0 aromatic rings. The van der Waals surface area contributed by atoms with E-state index in [4.69, 9.17) is 0 Å². The summed E-state index contributed by atoms with van der Waals surface area (Å²) in [4.78, 5) is 0. The van der Waals surface area contributed by atoms with Gasteiger partial charge in [-0.15, -0.1) is 0 Å². The third-order valence-corrected chi connectivity index (χ3v) is 0. The second kappa shape index (κ2) is 129. The predicted molar refractivity (Wildman–Crippen MR) is 17.2 cm³/mol. The van der Waals surface area contributed by atoms with E-state index in [9.17, 15) is 0 Å². The van der Waals surface area contributed by atoms with Crippen LogP contribution in [0.2, 0.25) is 0 Å². The zero-order valence-corrected chi connectivity index (χ0v) is 7.72. The molecule has 0 saturated heterocycles. The second-order valence-corrected chi connectivity index (χ2v) is 0. The van der Waals surface area contributed by atoms with Crippen molar-refractivity contribution in [3.8, 4) is 0 Å². The van der Waals surface area contributed by atoms with Gasteiger partial charge in [0.15, 0.2) is 0 Å². The van der Waals surface area contributed by atoms with Crippen molar-refractivity contribution in [1.29, 1.82) is 0 Å². The zero-order chi connectivity index (χ0) is 0. The number of hydrogen-bond donors (Lipinski definition) is 0. The van der Waals surface area contributed by atoms with Crippen LogP contribution in [0, 0.1) is 0 Å². The Kier molecular flexibility index (Phi) is 4620. The Morgan fingerprint density at radius 2 is 0.500 bits per heavy atom. The molecular formula is H2Ga2O4. The molecule has 4 nitrogen and oxygen atoms in total. The molecule has 0 heterocycles. The van der Waals surface area contributed by atoms with Crippen molar-refractivity contribution in [3.63, 3.8) is 0 Å². The molecule has 6 heavy (non-hydrogen) atoms. The SMILES string of the molecule is O.[Ga+3].[Ga+3].[O-2].[O-2].[O-2]. The van der Waals surface area contributed by atoms with Crippen molar-refractivity contribution >= 4 is 39.6 Å². The minimum atomic E-state index is 0. The first-order chi connectivity index (χ1) is 0. The Bertz CT molecular complexity index is 5.51. The third-order valence-electron chi connectivity index (χ3n) is 0. The quantitative estimate of drug-likeness (QED) is 0.409. The van der Waals surface area contributed by atoms with Crippen LogP contribution < -0.4 is 0 Å². The zero-order valence-electron chi connectivity index (χ0n) is 2.88. The van der Waals surface area contributed by atoms with Crippen LogP contribution in [0.5, 0.6) is 0 Å². The molecule has 0 spiro atoms. The average molecular weight is 205 g/mol. The van der Waals surface area contributed by atoms with E-state index in [1.54, 1.807) is 0 Å². The van der Waals surface area contributed by atoms with Crippen molar-refractivity contribution in [2.75, 3.05) is 0 Å². The Morgan fingerprint density at radius 1 is 0.500 bits per heavy atom. The molecule has 0 aliphatic rings. The summed E-state index contributed by atoms with van der Waals surface area (Å²) < 4.78 is 0. The normalized spacial score (nSPS) is 0. The smallest absolute Gasteiger partial charge is 2.00 e. The van der Waals surface area contributed by atoms with Gasteiger partial charge in [-0.05, 0) is 0 Å². The summed E-state index contributed by atoms with van der Waals surface area (Å²) in [6.07, 6.45) is 0.